The van der Waals surface area contributed by atoms with E-state index in [0.717, 1.165) is 38.6 Å². The van der Waals surface area contributed by atoms with Gasteiger partial charge in [0.25, 0.3) is 0 Å². The molecule has 0 aromatic carbocycles. The third kappa shape index (κ3) is 7.90. The van der Waals surface area contributed by atoms with Gasteiger partial charge in [0.15, 0.2) is 0 Å². The van der Waals surface area contributed by atoms with Crippen LogP contribution in [0.3, 0.4) is 0 Å². The summed E-state index contributed by atoms with van der Waals surface area (Å²) in [6.07, 6.45) is 5.16. The molecule has 0 saturated carbocycles. The number of esters is 1. The van der Waals surface area contributed by atoms with Crippen LogP contribution in [0, 0.1) is 14.4 Å². The Balaban J connectivity index is 0. The summed E-state index contributed by atoms with van der Waals surface area (Å²) in [7, 11) is 0. The van der Waals surface area contributed by atoms with E-state index in [1.54, 1.807) is 0 Å². The van der Waals surface area contributed by atoms with Crippen LogP contribution in [0.1, 0.15) is 73.1 Å². The number of unbranched alkanes of at least 4 members (excludes halogenated alkanes) is 1. The van der Waals surface area contributed by atoms with Gasteiger partial charge in [-0.1, -0.05) is 13.3 Å². The van der Waals surface area contributed by atoms with Gasteiger partial charge < -0.3 is 19.1 Å². The Kier molecular flexibility index (Phi) is 12.3. The number of rotatable bonds is 6. The first-order valence-corrected chi connectivity index (χ1v) is 8.55. The first-order valence-electron chi connectivity index (χ1n) is 8.13. The zero-order valence-electron chi connectivity index (χ0n) is 15.7. The molecule has 1 saturated heterocycles. The molecule has 1 fully saturated rings. The molecule has 0 atom stereocenters. The molecule has 1 aliphatic heterocycles. The second-order valence-electron chi connectivity index (χ2n) is 7.25. The predicted octanol–water partition coefficient (Wildman–Crippen LogP) is 4.29. The van der Waals surface area contributed by atoms with Gasteiger partial charge in [0, 0.05) is 30.3 Å². The molecule has 0 aromatic rings. The maximum absolute atomic E-state index is 11.8. The summed E-state index contributed by atoms with van der Waals surface area (Å²) in [4.78, 5) is 14.4. The van der Waals surface area contributed by atoms with E-state index in [2.05, 4.69) is 62.1 Å². The Bertz CT molecular complexity index is 327. The molecular weight excluding hydrogens is 337 g/mol. The molecule has 23 heavy (non-hydrogen) atoms. The van der Waals surface area contributed by atoms with Crippen molar-refractivity contribution >= 4 is 5.97 Å². The molecule has 0 spiro atoms. The quantitative estimate of drug-likeness (QED) is 0.515. The zero-order valence-corrected chi connectivity index (χ0v) is 16.8. The Morgan fingerprint density at radius 2 is 1.70 bits per heavy atom. The van der Waals surface area contributed by atoms with Gasteiger partial charge in [-0.2, -0.15) is 6.42 Å². The van der Waals surface area contributed by atoms with Crippen molar-refractivity contribution in [2.24, 2.45) is 0 Å². The fourth-order valence-corrected chi connectivity index (χ4v) is 3.65. The number of piperidine rings is 1. The van der Waals surface area contributed by atoms with Gasteiger partial charge in [0.2, 0.25) is 0 Å². The standard InChI is InChI=1S/C17H32NO2.CH3.Co.O/c1-7-9-10-15(19)20-14-12-16(3,4)18(11-8-2)17(5,6)13-14;;;/h14H,1,7-13H2,2-6H3;1H3;;/q2*-1;;. The van der Waals surface area contributed by atoms with E-state index in [9.17, 15) is 4.79 Å². The van der Waals surface area contributed by atoms with Crippen LogP contribution in [0.15, 0.2) is 0 Å². The van der Waals surface area contributed by atoms with E-state index in [0.29, 0.717) is 6.42 Å². The predicted molar refractivity (Wildman–Crippen MR) is 90.6 cm³/mol. The topological polar surface area (TPSA) is 46.6 Å². The Hall–Kier alpha value is -0.264. The summed E-state index contributed by atoms with van der Waals surface area (Å²) in [6.45, 7) is 16.1. The second-order valence-corrected chi connectivity index (χ2v) is 7.25. The van der Waals surface area contributed by atoms with Crippen LogP contribution in [0.25, 0.3) is 0 Å². The van der Waals surface area contributed by atoms with Crippen molar-refractivity contribution in [3.8, 4) is 0 Å². The molecule has 0 amide bonds. The van der Waals surface area contributed by atoms with Crippen molar-refractivity contribution in [1.29, 1.82) is 0 Å². The number of carbonyl (C=O) groups excluding carboxylic acids is 1. The van der Waals surface area contributed by atoms with Gasteiger partial charge in [-0.05, 0) is 40.7 Å². The van der Waals surface area contributed by atoms with Crippen molar-refractivity contribution < 1.29 is 29.1 Å². The van der Waals surface area contributed by atoms with Crippen molar-refractivity contribution in [2.45, 2.75) is 90.3 Å². The van der Waals surface area contributed by atoms with Gasteiger partial charge in [0.1, 0.15) is 6.10 Å². The molecule has 1 heterocycles. The van der Waals surface area contributed by atoms with Crippen LogP contribution in [-0.2, 0) is 29.1 Å². The summed E-state index contributed by atoms with van der Waals surface area (Å²) < 4.78 is 13.6. The molecular formula is C18H35CoNO3-2. The SMILES string of the molecule is [CH2-]CCCC(=O)OC1CC(C)(C)N(CCC)C(C)(C)C1.[CH3-].[O]=[Co]. The van der Waals surface area contributed by atoms with Gasteiger partial charge in [-0.15, -0.1) is 0 Å². The van der Waals surface area contributed by atoms with E-state index >= 15 is 0 Å². The number of carbonyl (C=O) groups is 1. The van der Waals surface area contributed by atoms with Gasteiger partial charge in [-0.3, -0.25) is 9.69 Å². The molecule has 5 heteroatoms. The number of nitrogens with zero attached hydrogens (tertiary/aromatic N) is 1. The number of likely N-dealkylation sites (tertiary alicyclic amines) is 1. The van der Waals surface area contributed by atoms with Gasteiger partial charge in [-0.25, -0.2) is 0 Å². The molecule has 0 radical (unpaired) electrons. The summed E-state index contributed by atoms with van der Waals surface area (Å²) in [5.41, 5.74) is 0.157. The van der Waals surface area contributed by atoms with Crippen LogP contribution in [0.5, 0.6) is 0 Å². The van der Waals surface area contributed by atoms with Gasteiger partial charge in [0.05, 0.1) is 0 Å². The summed E-state index contributed by atoms with van der Waals surface area (Å²) >= 11 is 2.31. The number of hydrogen-bond donors (Lipinski definition) is 0. The molecule has 0 bridgehead atoms. The normalized spacial score (nSPS) is 20.0. The Labute approximate surface area is 151 Å². The minimum absolute atomic E-state index is 0. The van der Waals surface area contributed by atoms with E-state index in [1.165, 1.54) is 0 Å². The van der Waals surface area contributed by atoms with Crippen molar-refractivity contribution in [3.63, 3.8) is 0 Å². The van der Waals surface area contributed by atoms with E-state index in [4.69, 9.17) is 8.60 Å². The van der Waals surface area contributed by atoms with Crippen LogP contribution < -0.4 is 0 Å². The van der Waals surface area contributed by atoms with Crippen LogP contribution in [0.2, 0.25) is 0 Å². The Morgan fingerprint density at radius 3 is 2.09 bits per heavy atom. The fraction of sp³-hybridized carbons (Fsp3) is 0.833. The van der Waals surface area contributed by atoms with E-state index in [-0.39, 0.29) is 30.6 Å². The summed E-state index contributed by atoms with van der Waals surface area (Å²) in [5.74, 6) is -0.0609. The first-order chi connectivity index (χ1) is 10.2. The van der Waals surface area contributed by atoms with Gasteiger partial charge >= 0.3 is 25.5 Å². The molecule has 1 aliphatic rings. The molecule has 0 N–H and O–H groups in total. The summed E-state index contributed by atoms with van der Waals surface area (Å²) in [6, 6.07) is 0. The van der Waals surface area contributed by atoms with Crippen molar-refractivity contribution in [1.82, 2.24) is 4.90 Å². The molecule has 1 rings (SSSR count). The molecule has 141 valence electrons. The number of hydrogen-bond acceptors (Lipinski definition) is 4. The number of ether oxygens (including phenoxy) is 1. The molecule has 0 unspecified atom stereocenters. The zero-order chi connectivity index (χ0) is 17.4. The van der Waals surface area contributed by atoms with E-state index in [1.807, 2.05) is 0 Å². The first kappa shape index (κ1) is 25.0. The second kappa shape index (κ2) is 11.3. The fourth-order valence-electron chi connectivity index (χ4n) is 3.65. The molecule has 0 aliphatic carbocycles. The third-order valence-corrected chi connectivity index (χ3v) is 4.29. The molecule has 4 nitrogen and oxygen atoms in total. The third-order valence-electron chi connectivity index (χ3n) is 4.29. The van der Waals surface area contributed by atoms with Crippen LogP contribution >= 0.6 is 0 Å². The summed E-state index contributed by atoms with van der Waals surface area (Å²) in [5, 5.41) is 0. The average molecular weight is 372 g/mol. The maximum atomic E-state index is 11.8. The van der Waals surface area contributed by atoms with Crippen LogP contribution in [-0.4, -0.2) is 34.6 Å². The van der Waals surface area contributed by atoms with Crippen molar-refractivity contribution in [3.05, 3.63) is 14.4 Å². The van der Waals surface area contributed by atoms with Crippen molar-refractivity contribution in [2.75, 3.05) is 6.54 Å². The molecule has 0 aromatic heterocycles. The Morgan fingerprint density at radius 1 is 1.22 bits per heavy atom. The van der Waals surface area contributed by atoms with E-state index < -0.39 is 0 Å². The average Bonchev–Trinajstić information content (AvgIpc) is 2.42. The van der Waals surface area contributed by atoms with Crippen LogP contribution in [0.4, 0.5) is 0 Å². The monoisotopic (exact) mass is 372 g/mol. The minimum atomic E-state index is -0.0609.